The lowest BCUT2D eigenvalue weighted by molar-refractivity contribution is 0.811. The molecule has 1 aromatic heterocycles. The van der Waals surface area contributed by atoms with Gasteiger partial charge in [0.15, 0.2) is 0 Å². The van der Waals surface area contributed by atoms with Crippen LogP contribution in [0, 0.1) is 0 Å². The second kappa shape index (κ2) is 13.4. The van der Waals surface area contributed by atoms with E-state index in [1.165, 1.54) is 87.3 Å². The lowest BCUT2D eigenvalue weighted by atomic mass is 9.74. The average Bonchev–Trinajstić information content (AvgIpc) is 3.94. The Labute approximate surface area is 348 Å². The van der Waals surface area contributed by atoms with Gasteiger partial charge in [0.2, 0.25) is 0 Å². The summed E-state index contributed by atoms with van der Waals surface area (Å²) in [5.41, 5.74) is 19.5. The van der Waals surface area contributed by atoms with E-state index >= 15 is 0 Å². The number of fused-ring (bicyclic) bond motifs is 12. The van der Waals surface area contributed by atoms with Gasteiger partial charge in [-0.15, -0.1) is 11.3 Å². The number of nitrogens with zero attached hydrogens (tertiary/aromatic N) is 1. The fourth-order valence-corrected chi connectivity index (χ4v) is 11.3. The third kappa shape index (κ3) is 5.17. The van der Waals surface area contributed by atoms with Gasteiger partial charge in [0, 0.05) is 37.6 Å². The Morgan fingerprint density at radius 2 is 0.797 bits per heavy atom. The molecule has 2 aliphatic rings. The molecule has 0 atom stereocenters. The SMILES string of the molecule is c1ccc(-c2ccc(N(c3cc(-c4ccccc4)cc(-c4ccccc4)c3)c3ccc4c(c3)-c3c(sc5ccccc35)C43c4ccccc4-c4ccccc43)cc2)cc1. The third-order valence-electron chi connectivity index (χ3n) is 12.4. The molecule has 12 rings (SSSR count). The summed E-state index contributed by atoms with van der Waals surface area (Å²) in [4.78, 5) is 3.88. The highest BCUT2D eigenvalue weighted by Gasteiger charge is 2.53. The summed E-state index contributed by atoms with van der Waals surface area (Å²) in [6.07, 6.45) is 0. The molecular formula is C57H37NS. The maximum Gasteiger partial charge on any atom is 0.0819 e. The number of benzene rings is 9. The standard InChI is InChI=1S/C57H37NS/c1-4-16-38(17-5-1)41-28-30-44(31-29-41)58(46-35-42(39-18-6-2-7-19-39)34-43(36-46)40-20-8-3-9-21-40)45-32-33-53-50(37-45)55-49-24-12-15-27-54(49)59-56(55)57(53)51-25-13-10-22-47(51)48-23-11-14-26-52(48)57/h1-37H. The summed E-state index contributed by atoms with van der Waals surface area (Å²) in [7, 11) is 0. The van der Waals surface area contributed by atoms with E-state index in [1.54, 1.807) is 0 Å². The zero-order valence-electron chi connectivity index (χ0n) is 32.2. The topological polar surface area (TPSA) is 3.24 Å². The molecule has 1 heterocycles. The fourth-order valence-electron chi connectivity index (χ4n) is 9.89. The number of hydrogen-bond acceptors (Lipinski definition) is 2. The molecule has 2 heteroatoms. The van der Waals surface area contributed by atoms with Crippen molar-refractivity contribution in [1.82, 2.24) is 0 Å². The van der Waals surface area contributed by atoms with E-state index in [-0.39, 0.29) is 0 Å². The highest BCUT2D eigenvalue weighted by Crippen LogP contribution is 2.66. The number of hydrogen-bond donors (Lipinski definition) is 0. The van der Waals surface area contributed by atoms with Crippen molar-refractivity contribution < 1.29 is 0 Å². The van der Waals surface area contributed by atoms with Gasteiger partial charge >= 0.3 is 0 Å². The Morgan fingerprint density at radius 1 is 0.322 bits per heavy atom. The van der Waals surface area contributed by atoms with Gasteiger partial charge in [0.1, 0.15) is 0 Å². The summed E-state index contributed by atoms with van der Waals surface area (Å²) < 4.78 is 1.33. The quantitative estimate of drug-likeness (QED) is 0.163. The Bertz CT molecular complexity index is 3100. The van der Waals surface area contributed by atoms with Crippen LogP contribution in [0.4, 0.5) is 17.1 Å². The number of thiophene rings is 1. The number of rotatable bonds is 6. The van der Waals surface area contributed by atoms with Crippen LogP contribution >= 0.6 is 11.3 Å². The first-order valence-corrected chi connectivity index (χ1v) is 21.2. The van der Waals surface area contributed by atoms with E-state index in [9.17, 15) is 0 Å². The lowest BCUT2D eigenvalue weighted by Gasteiger charge is -2.31. The van der Waals surface area contributed by atoms with Crippen LogP contribution in [0.3, 0.4) is 0 Å². The van der Waals surface area contributed by atoms with Gasteiger partial charge in [-0.05, 0) is 115 Å². The van der Waals surface area contributed by atoms with Crippen LogP contribution in [-0.2, 0) is 5.41 Å². The van der Waals surface area contributed by atoms with Gasteiger partial charge in [-0.2, -0.15) is 0 Å². The minimum absolute atomic E-state index is 0.393. The molecule has 0 aliphatic heterocycles. The van der Waals surface area contributed by atoms with Crippen molar-refractivity contribution in [2.45, 2.75) is 5.41 Å². The molecule has 0 saturated heterocycles. The van der Waals surface area contributed by atoms with E-state index in [4.69, 9.17) is 0 Å². The molecule has 0 fully saturated rings. The highest BCUT2D eigenvalue weighted by atomic mass is 32.1. The lowest BCUT2D eigenvalue weighted by Crippen LogP contribution is -2.25. The predicted octanol–water partition coefficient (Wildman–Crippen LogP) is 15.7. The average molecular weight is 768 g/mol. The smallest absolute Gasteiger partial charge is 0.0819 e. The van der Waals surface area contributed by atoms with Crippen molar-refractivity contribution in [1.29, 1.82) is 0 Å². The molecule has 1 spiro atoms. The van der Waals surface area contributed by atoms with E-state index in [0.717, 1.165) is 17.1 Å². The largest absolute Gasteiger partial charge is 0.310 e. The summed E-state index contributed by atoms with van der Waals surface area (Å²) in [5.74, 6) is 0. The Kier molecular flexibility index (Phi) is 7.69. The fraction of sp³-hybridized carbons (Fsp3) is 0.0175. The van der Waals surface area contributed by atoms with Crippen LogP contribution in [-0.4, -0.2) is 0 Å². The van der Waals surface area contributed by atoms with Crippen molar-refractivity contribution in [2.24, 2.45) is 0 Å². The van der Waals surface area contributed by atoms with Gasteiger partial charge in [-0.25, -0.2) is 0 Å². The summed E-state index contributed by atoms with van der Waals surface area (Å²) in [5, 5.41) is 1.32. The Balaban J connectivity index is 1.13. The first kappa shape index (κ1) is 33.8. The van der Waals surface area contributed by atoms with Crippen LogP contribution in [0.2, 0.25) is 0 Å². The number of anilines is 3. The molecule has 0 N–H and O–H groups in total. The molecule has 10 aromatic rings. The van der Waals surface area contributed by atoms with E-state index in [2.05, 4.69) is 229 Å². The molecular weight excluding hydrogens is 731 g/mol. The van der Waals surface area contributed by atoms with Crippen LogP contribution < -0.4 is 4.90 Å². The molecule has 0 unspecified atom stereocenters. The third-order valence-corrected chi connectivity index (χ3v) is 13.7. The molecule has 0 saturated carbocycles. The van der Waals surface area contributed by atoms with Crippen molar-refractivity contribution >= 4 is 38.5 Å². The van der Waals surface area contributed by atoms with Crippen LogP contribution in [0.15, 0.2) is 224 Å². The van der Waals surface area contributed by atoms with E-state index in [1.807, 2.05) is 11.3 Å². The van der Waals surface area contributed by atoms with Crippen molar-refractivity contribution in [3.8, 4) is 55.6 Å². The van der Waals surface area contributed by atoms with Gasteiger partial charge in [0.05, 0.1) is 5.41 Å². The predicted molar refractivity (Wildman–Crippen MR) is 249 cm³/mol. The molecule has 0 bridgehead atoms. The normalized spacial score (nSPS) is 12.9. The maximum atomic E-state index is 2.48. The molecule has 276 valence electrons. The molecule has 59 heavy (non-hydrogen) atoms. The van der Waals surface area contributed by atoms with E-state index < -0.39 is 5.41 Å². The first-order valence-electron chi connectivity index (χ1n) is 20.3. The van der Waals surface area contributed by atoms with Crippen molar-refractivity contribution in [3.63, 3.8) is 0 Å². The van der Waals surface area contributed by atoms with Gasteiger partial charge in [-0.1, -0.05) is 176 Å². The first-order chi connectivity index (χ1) is 29.3. The maximum absolute atomic E-state index is 2.48. The van der Waals surface area contributed by atoms with E-state index in [0.29, 0.717) is 0 Å². The van der Waals surface area contributed by atoms with Crippen LogP contribution in [0.25, 0.3) is 65.7 Å². The minimum Gasteiger partial charge on any atom is -0.310 e. The van der Waals surface area contributed by atoms with Gasteiger partial charge < -0.3 is 4.90 Å². The van der Waals surface area contributed by atoms with Crippen molar-refractivity contribution in [2.75, 3.05) is 4.90 Å². The second-order valence-electron chi connectivity index (χ2n) is 15.6. The van der Waals surface area contributed by atoms with Crippen LogP contribution in [0.5, 0.6) is 0 Å². The van der Waals surface area contributed by atoms with Crippen molar-refractivity contribution in [3.05, 3.63) is 246 Å². The second-order valence-corrected chi connectivity index (χ2v) is 16.7. The zero-order chi connectivity index (χ0) is 38.9. The van der Waals surface area contributed by atoms with Gasteiger partial charge in [0.25, 0.3) is 0 Å². The van der Waals surface area contributed by atoms with Gasteiger partial charge in [-0.3, -0.25) is 0 Å². The summed E-state index contributed by atoms with van der Waals surface area (Å²) >= 11 is 1.96. The zero-order valence-corrected chi connectivity index (χ0v) is 33.0. The summed E-state index contributed by atoms with van der Waals surface area (Å²) in [6, 6.07) is 82.8. The molecule has 0 amide bonds. The minimum atomic E-state index is -0.393. The molecule has 9 aromatic carbocycles. The summed E-state index contributed by atoms with van der Waals surface area (Å²) in [6.45, 7) is 0. The molecule has 0 radical (unpaired) electrons. The van der Waals surface area contributed by atoms with Crippen LogP contribution in [0.1, 0.15) is 21.6 Å². The molecule has 2 aliphatic carbocycles. The Morgan fingerprint density at radius 3 is 1.41 bits per heavy atom. The Hall–Kier alpha value is -7.26. The monoisotopic (exact) mass is 767 g/mol. The highest BCUT2D eigenvalue weighted by molar-refractivity contribution is 7.20. The molecule has 1 nitrogen and oxygen atoms in total.